The number of carboxylic acids is 1. The molecule has 120 valence electrons. The first-order valence-electron chi connectivity index (χ1n) is 7.80. The van der Waals surface area contributed by atoms with E-state index in [1.165, 1.54) is 4.90 Å². The minimum absolute atomic E-state index is 0.0501. The number of hydrogen-bond donors (Lipinski definition) is 1. The van der Waals surface area contributed by atoms with Gasteiger partial charge >= 0.3 is 5.97 Å². The van der Waals surface area contributed by atoms with Crippen LogP contribution in [0.15, 0.2) is 24.3 Å². The van der Waals surface area contributed by atoms with Crippen molar-refractivity contribution in [2.45, 2.75) is 45.2 Å². The van der Waals surface area contributed by atoms with E-state index in [0.717, 1.165) is 35.5 Å². The van der Waals surface area contributed by atoms with E-state index in [4.69, 9.17) is 0 Å². The van der Waals surface area contributed by atoms with E-state index in [1.807, 2.05) is 24.3 Å². The molecule has 0 aliphatic carbocycles. The number of unbranched alkanes of at least 4 members (excludes halogenated alkanes) is 1. The number of fused-ring (bicyclic) bond motifs is 1. The molecule has 1 unspecified atom stereocenters. The largest absolute Gasteiger partial charge is 0.480 e. The minimum Gasteiger partial charge on any atom is -0.480 e. The molecular weight excluding hydrogens is 298 g/mol. The second-order valence-electron chi connectivity index (χ2n) is 5.56. The first-order valence-corrected chi connectivity index (χ1v) is 8.95. The Morgan fingerprint density at radius 2 is 2.00 bits per heavy atom. The summed E-state index contributed by atoms with van der Waals surface area (Å²) < 4.78 is 0. The average molecular weight is 321 g/mol. The number of nitrogens with zero attached hydrogens (tertiary/aromatic N) is 1. The molecule has 1 N–H and O–H groups in total. The summed E-state index contributed by atoms with van der Waals surface area (Å²) in [7, 11) is 0. The smallest absolute Gasteiger partial charge is 0.326 e. The van der Waals surface area contributed by atoms with E-state index in [9.17, 15) is 14.7 Å². The van der Waals surface area contributed by atoms with E-state index in [0.29, 0.717) is 19.4 Å². The van der Waals surface area contributed by atoms with Crippen molar-refractivity contribution in [2.24, 2.45) is 0 Å². The van der Waals surface area contributed by atoms with Gasteiger partial charge in [-0.15, -0.1) is 0 Å². The summed E-state index contributed by atoms with van der Waals surface area (Å²) in [4.78, 5) is 25.4. The molecule has 1 aromatic rings. The highest BCUT2D eigenvalue weighted by molar-refractivity contribution is 7.99. The maximum Gasteiger partial charge on any atom is 0.326 e. The minimum atomic E-state index is -0.915. The molecule has 0 spiro atoms. The number of amides is 1. The summed E-state index contributed by atoms with van der Waals surface area (Å²) in [5.41, 5.74) is 2.10. The van der Waals surface area contributed by atoms with Crippen LogP contribution in [0.25, 0.3) is 0 Å². The Bertz CT molecular complexity index is 532. The number of carbonyl (C=O) groups is 2. The van der Waals surface area contributed by atoms with Crippen LogP contribution in [0.4, 0.5) is 0 Å². The van der Waals surface area contributed by atoms with Gasteiger partial charge < -0.3 is 10.0 Å². The zero-order valence-electron chi connectivity index (χ0n) is 13.0. The molecule has 1 atom stereocenters. The molecule has 1 aromatic carbocycles. The summed E-state index contributed by atoms with van der Waals surface area (Å²) in [6.45, 7) is 2.56. The number of aliphatic carboxylic acids is 1. The Balaban J connectivity index is 1.98. The van der Waals surface area contributed by atoms with Crippen molar-refractivity contribution < 1.29 is 14.7 Å². The second kappa shape index (κ2) is 8.22. The lowest BCUT2D eigenvalue weighted by Crippen LogP contribution is -2.48. The molecule has 0 radical (unpaired) electrons. The summed E-state index contributed by atoms with van der Waals surface area (Å²) in [5, 5.41) is 9.43. The van der Waals surface area contributed by atoms with Crippen molar-refractivity contribution >= 4 is 23.6 Å². The van der Waals surface area contributed by atoms with E-state index in [-0.39, 0.29) is 5.91 Å². The SMILES string of the molecule is CCCCSCCC(=O)N1Cc2ccccc2CC1C(=O)O. The standard InChI is InChI=1S/C17H23NO3S/c1-2-3-9-22-10-8-16(19)18-12-14-7-5-4-6-13(14)11-15(18)17(20)21/h4-7,15H,2-3,8-12H2,1H3,(H,20,21). The summed E-state index contributed by atoms with van der Waals surface area (Å²) in [6.07, 6.45) is 3.14. The monoisotopic (exact) mass is 321 g/mol. The van der Waals surface area contributed by atoms with Gasteiger partial charge in [0, 0.05) is 25.1 Å². The lowest BCUT2D eigenvalue weighted by molar-refractivity contribution is -0.151. The van der Waals surface area contributed by atoms with Crippen LogP contribution in [0.3, 0.4) is 0 Å². The Labute approximate surface area is 135 Å². The van der Waals surface area contributed by atoms with Crippen LogP contribution in [-0.4, -0.2) is 39.4 Å². The zero-order chi connectivity index (χ0) is 15.9. The zero-order valence-corrected chi connectivity index (χ0v) is 13.8. The van der Waals surface area contributed by atoms with Gasteiger partial charge in [0.15, 0.2) is 0 Å². The Hall–Kier alpha value is -1.49. The van der Waals surface area contributed by atoms with Gasteiger partial charge in [0.25, 0.3) is 0 Å². The van der Waals surface area contributed by atoms with E-state index >= 15 is 0 Å². The topological polar surface area (TPSA) is 57.6 Å². The van der Waals surface area contributed by atoms with E-state index in [2.05, 4.69) is 6.92 Å². The molecule has 1 heterocycles. The third kappa shape index (κ3) is 4.26. The van der Waals surface area contributed by atoms with Crippen molar-refractivity contribution in [3.05, 3.63) is 35.4 Å². The fourth-order valence-electron chi connectivity index (χ4n) is 2.66. The maximum atomic E-state index is 12.4. The predicted octanol–water partition coefficient (Wildman–Crippen LogP) is 2.95. The number of rotatable bonds is 7. The first kappa shape index (κ1) is 16.9. The van der Waals surface area contributed by atoms with Crippen molar-refractivity contribution in [2.75, 3.05) is 11.5 Å². The van der Waals surface area contributed by atoms with Crippen molar-refractivity contribution in [3.8, 4) is 0 Å². The molecule has 0 aromatic heterocycles. The summed E-state index contributed by atoms with van der Waals surface area (Å²) in [5.74, 6) is 0.866. The molecular formula is C17H23NO3S. The molecule has 0 saturated heterocycles. The van der Waals surface area contributed by atoms with Gasteiger partial charge in [0.2, 0.25) is 5.91 Å². The van der Waals surface area contributed by atoms with Crippen LogP contribution in [0.1, 0.15) is 37.3 Å². The number of carbonyl (C=O) groups excluding carboxylic acids is 1. The maximum absolute atomic E-state index is 12.4. The van der Waals surface area contributed by atoms with Gasteiger partial charge in [0.05, 0.1) is 0 Å². The molecule has 2 rings (SSSR count). The second-order valence-corrected chi connectivity index (χ2v) is 6.79. The van der Waals surface area contributed by atoms with Crippen molar-refractivity contribution in [3.63, 3.8) is 0 Å². The molecule has 0 saturated carbocycles. The van der Waals surface area contributed by atoms with E-state index < -0.39 is 12.0 Å². The van der Waals surface area contributed by atoms with Gasteiger partial charge in [-0.3, -0.25) is 4.79 Å². The van der Waals surface area contributed by atoms with Gasteiger partial charge in [0.1, 0.15) is 6.04 Å². The van der Waals surface area contributed by atoms with Crippen LogP contribution in [0, 0.1) is 0 Å². The first-order chi connectivity index (χ1) is 10.6. The molecule has 22 heavy (non-hydrogen) atoms. The third-order valence-electron chi connectivity index (χ3n) is 3.96. The molecule has 4 nitrogen and oxygen atoms in total. The fourth-order valence-corrected chi connectivity index (χ4v) is 3.67. The normalized spacial score (nSPS) is 17.1. The molecule has 1 aliphatic rings. The number of hydrogen-bond acceptors (Lipinski definition) is 3. The Morgan fingerprint density at radius 1 is 1.27 bits per heavy atom. The summed E-state index contributed by atoms with van der Waals surface area (Å²) in [6, 6.07) is 7.04. The fraction of sp³-hybridized carbons (Fsp3) is 0.529. The lowest BCUT2D eigenvalue weighted by atomic mass is 9.94. The van der Waals surface area contributed by atoms with Crippen molar-refractivity contribution in [1.29, 1.82) is 0 Å². The molecule has 0 fully saturated rings. The molecule has 5 heteroatoms. The Morgan fingerprint density at radius 3 is 2.68 bits per heavy atom. The average Bonchev–Trinajstić information content (AvgIpc) is 2.53. The van der Waals surface area contributed by atoms with Gasteiger partial charge in [-0.25, -0.2) is 4.79 Å². The number of carboxylic acid groups (broad SMARTS) is 1. The van der Waals surface area contributed by atoms with Crippen LogP contribution in [0.2, 0.25) is 0 Å². The van der Waals surface area contributed by atoms with Crippen LogP contribution < -0.4 is 0 Å². The lowest BCUT2D eigenvalue weighted by Gasteiger charge is -2.34. The molecule has 1 aliphatic heterocycles. The van der Waals surface area contributed by atoms with Gasteiger partial charge in [-0.05, 0) is 23.3 Å². The quantitative estimate of drug-likeness (QED) is 0.785. The Kier molecular flexibility index (Phi) is 6.31. The highest BCUT2D eigenvalue weighted by atomic mass is 32.2. The number of benzene rings is 1. The third-order valence-corrected chi connectivity index (χ3v) is 5.03. The van der Waals surface area contributed by atoms with Crippen LogP contribution in [-0.2, 0) is 22.6 Å². The van der Waals surface area contributed by atoms with Gasteiger partial charge in [-0.1, -0.05) is 37.6 Å². The predicted molar refractivity (Wildman–Crippen MR) is 89.0 cm³/mol. The number of thioether (sulfide) groups is 1. The molecule has 0 bridgehead atoms. The summed E-state index contributed by atoms with van der Waals surface area (Å²) >= 11 is 1.77. The highest BCUT2D eigenvalue weighted by Gasteiger charge is 2.33. The van der Waals surface area contributed by atoms with Crippen molar-refractivity contribution in [1.82, 2.24) is 4.90 Å². The van der Waals surface area contributed by atoms with E-state index in [1.54, 1.807) is 11.8 Å². The highest BCUT2D eigenvalue weighted by Crippen LogP contribution is 2.24. The van der Waals surface area contributed by atoms with Gasteiger partial charge in [-0.2, -0.15) is 11.8 Å². The molecule has 1 amide bonds. The van der Waals surface area contributed by atoms with Crippen LogP contribution >= 0.6 is 11.8 Å². The van der Waals surface area contributed by atoms with Crippen LogP contribution in [0.5, 0.6) is 0 Å².